The van der Waals surface area contributed by atoms with Crippen molar-refractivity contribution in [1.29, 1.82) is 0 Å². The van der Waals surface area contributed by atoms with Crippen LogP contribution in [0, 0.1) is 0 Å². The Morgan fingerprint density at radius 2 is 2.12 bits per heavy atom. The third-order valence-electron chi connectivity index (χ3n) is 2.15. The maximum absolute atomic E-state index is 11.5. The van der Waals surface area contributed by atoms with E-state index in [1.165, 1.54) is 10.7 Å². The van der Waals surface area contributed by atoms with Crippen LogP contribution in [0.4, 0.5) is 0 Å². The number of para-hydroxylation sites is 1. The number of halogens is 1. The molecule has 0 saturated heterocycles. The average Bonchev–Trinajstić information content (AvgIpc) is 2.73. The van der Waals surface area contributed by atoms with Crippen LogP contribution >= 0.6 is 11.6 Å². The summed E-state index contributed by atoms with van der Waals surface area (Å²) < 4.78 is 6.35. The summed E-state index contributed by atoms with van der Waals surface area (Å²) in [5, 5.41) is 4.48. The molecule has 0 fully saturated rings. The smallest absolute Gasteiger partial charge is 0.358 e. The number of nitrogens with zero attached hydrogens (tertiary/aromatic N) is 2. The molecule has 1 heterocycles. The summed E-state index contributed by atoms with van der Waals surface area (Å²) in [5.41, 5.74) is 1.01. The Kier molecular flexibility index (Phi) is 3.44. The van der Waals surface area contributed by atoms with E-state index < -0.39 is 5.97 Å². The second kappa shape index (κ2) is 5.01. The van der Waals surface area contributed by atoms with E-state index in [2.05, 4.69) is 5.10 Å². The minimum Gasteiger partial charge on any atom is -0.461 e. The van der Waals surface area contributed by atoms with Gasteiger partial charge in [0, 0.05) is 6.07 Å². The van der Waals surface area contributed by atoms with Gasteiger partial charge in [-0.3, -0.25) is 0 Å². The molecule has 1 aromatic heterocycles. The highest BCUT2D eigenvalue weighted by atomic mass is 35.5. The Hall–Kier alpha value is -1.81. The molecule has 17 heavy (non-hydrogen) atoms. The predicted octanol–water partition coefficient (Wildman–Crippen LogP) is 2.70. The van der Waals surface area contributed by atoms with Gasteiger partial charge in [0.05, 0.1) is 12.3 Å². The maximum atomic E-state index is 11.5. The molecular weight excluding hydrogens is 240 g/mol. The Bertz CT molecular complexity index is 523. The molecule has 2 rings (SSSR count). The van der Waals surface area contributed by atoms with Crippen molar-refractivity contribution in [2.75, 3.05) is 6.61 Å². The third kappa shape index (κ3) is 2.47. The fourth-order valence-electron chi connectivity index (χ4n) is 1.41. The fraction of sp³-hybridized carbons (Fsp3) is 0.167. The Morgan fingerprint density at radius 3 is 2.76 bits per heavy atom. The summed E-state index contributed by atoms with van der Waals surface area (Å²) in [6, 6.07) is 10.8. The summed E-state index contributed by atoms with van der Waals surface area (Å²) in [7, 11) is 0. The molecule has 0 bridgehead atoms. The summed E-state index contributed by atoms with van der Waals surface area (Å²) in [6.07, 6.45) is 0. The van der Waals surface area contributed by atoms with Crippen LogP contribution in [0.2, 0.25) is 5.15 Å². The number of benzene rings is 1. The van der Waals surface area contributed by atoms with E-state index in [4.69, 9.17) is 16.3 Å². The van der Waals surface area contributed by atoms with Crippen molar-refractivity contribution in [2.45, 2.75) is 6.92 Å². The first-order chi connectivity index (χ1) is 8.22. The van der Waals surface area contributed by atoms with Crippen LogP contribution in [0.5, 0.6) is 0 Å². The highest BCUT2D eigenvalue weighted by Crippen LogP contribution is 2.17. The van der Waals surface area contributed by atoms with Crippen LogP contribution < -0.4 is 0 Å². The minimum atomic E-state index is -0.468. The van der Waals surface area contributed by atoms with Gasteiger partial charge in [-0.25, -0.2) is 9.48 Å². The summed E-state index contributed by atoms with van der Waals surface area (Å²) in [6.45, 7) is 2.06. The molecular formula is C12H11ClN2O2. The van der Waals surface area contributed by atoms with Gasteiger partial charge in [-0.2, -0.15) is 5.10 Å². The molecule has 0 unspecified atom stereocenters. The molecule has 1 aromatic carbocycles. The lowest BCUT2D eigenvalue weighted by Gasteiger charge is -2.01. The monoisotopic (exact) mass is 250 g/mol. The van der Waals surface area contributed by atoms with E-state index in [9.17, 15) is 4.79 Å². The zero-order valence-electron chi connectivity index (χ0n) is 9.26. The molecule has 0 N–H and O–H groups in total. The fourth-order valence-corrected chi connectivity index (χ4v) is 1.65. The first kappa shape index (κ1) is 11.7. The number of ether oxygens (including phenoxy) is 1. The van der Waals surface area contributed by atoms with Crippen LogP contribution in [0.3, 0.4) is 0 Å². The van der Waals surface area contributed by atoms with Crippen LogP contribution in [0.1, 0.15) is 17.4 Å². The van der Waals surface area contributed by atoms with E-state index in [1.807, 2.05) is 30.3 Å². The minimum absolute atomic E-state index is 0.209. The van der Waals surface area contributed by atoms with Crippen molar-refractivity contribution in [3.05, 3.63) is 47.2 Å². The van der Waals surface area contributed by atoms with Crippen LogP contribution in [-0.4, -0.2) is 22.4 Å². The number of esters is 1. The number of hydrogen-bond acceptors (Lipinski definition) is 3. The number of aromatic nitrogens is 2. The zero-order valence-corrected chi connectivity index (χ0v) is 10.0. The molecule has 0 atom stereocenters. The second-order valence-corrected chi connectivity index (χ2v) is 3.71. The molecule has 0 radical (unpaired) electrons. The van der Waals surface area contributed by atoms with Crippen molar-refractivity contribution >= 4 is 17.6 Å². The molecule has 4 nitrogen and oxygen atoms in total. The zero-order chi connectivity index (χ0) is 12.3. The van der Waals surface area contributed by atoms with Gasteiger partial charge >= 0.3 is 5.97 Å². The Balaban J connectivity index is 2.35. The highest BCUT2D eigenvalue weighted by Gasteiger charge is 2.14. The van der Waals surface area contributed by atoms with Gasteiger partial charge in [0.2, 0.25) is 0 Å². The van der Waals surface area contributed by atoms with Crippen LogP contribution in [-0.2, 0) is 4.74 Å². The summed E-state index contributed by atoms with van der Waals surface area (Å²) >= 11 is 6.02. The van der Waals surface area contributed by atoms with Crippen molar-refractivity contribution in [1.82, 2.24) is 9.78 Å². The number of rotatable bonds is 3. The van der Waals surface area contributed by atoms with Gasteiger partial charge in [0.15, 0.2) is 5.69 Å². The third-order valence-corrected chi connectivity index (χ3v) is 2.42. The predicted molar refractivity (Wildman–Crippen MR) is 64.5 cm³/mol. The van der Waals surface area contributed by atoms with Crippen molar-refractivity contribution < 1.29 is 9.53 Å². The van der Waals surface area contributed by atoms with E-state index >= 15 is 0 Å². The first-order valence-corrected chi connectivity index (χ1v) is 5.58. The largest absolute Gasteiger partial charge is 0.461 e. The summed E-state index contributed by atoms with van der Waals surface area (Å²) in [4.78, 5) is 11.5. The van der Waals surface area contributed by atoms with Gasteiger partial charge < -0.3 is 4.74 Å². The van der Waals surface area contributed by atoms with Gasteiger partial charge in [-0.05, 0) is 19.1 Å². The van der Waals surface area contributed by atoms with Gasteiger partial charge in [0.25, 0.3) is 0 Å². The lowest BCUT2D eigenvalue weighted by Crippen LogP contribution is -2.06. The molecule has 0 aliphatic carbocycles. The van der Waals surface area contributed by atoms with Crippen LogP contribution in [0.25, 0.3) is 5.69 Å². The highest BCUT2D eigenvalue weighted by molar-refractivity contribution is 6.30. The molecule has 0 spiro atoms. The molecule has 0 aliphatic rings. The molecule has 0 amide bonds. The molecule has 5 heteroatoms. The topological polar surface area (TPSA) is 44.1 Å². The van der Waals surface area contributed by atoms with Crippen molar-refractivity contribution in [3.63, 3.8) is 0 Å². The lowest BCUT2D eigenvalue weighted by atomic mass is 10.3. The SMILES string of the molecule is CCOC(=O)c1cc(Cl)n(-c2ccccc2)n1. The Labute approximate surface area is 104 Å². The summed E-state index contributed by atoms with van der Waals surface area (Å²) in [5.74, 6) is -0.468. The molecule has 0 aliphatic heterocycles. The molecule has 2 aromatic rings. The van der Waals surface area contributed by atoms with Gasteiger partial charge in [-0.1, -0.05) is 29.8 Å². The van der Waals surface area contributed by atoms with Crippen molar-refractivity contribution in [3.8, 4) is 5.69 Å². The number of carbonyl (C=O) groups is 1. The maximum Gasteiger partial charge on any atom is 0.358 e. The second-order valence-electron chi connectivity index (χ2n) is 3.32. The van der Waals surface area contributed by atoms with E-state index in [-0.39, 0.29) is 5.69 Å². The average molecular weight is 251 g/mol. The quantitative estimate of drug-likeness (QED) is 0.787. The van der Waals surface area contributed by atoms with E-state index in [0.29, 0.717) is 11.8 Å². The number of carbonyl (C=O) groups excluding carboxylic acids is 1. The molecule has 88 valence electrons. The number of hydrogen-bond donors (Lipinski definition) is 0. The van der Waals surface area contributed by atoms with Gasteiger partial charge in [-0.15, -0.1) is 0 Å². The standard InChI is InChI=1S/C12H11ClN2O2/c1-2-17-12(16)10-8-11(13)15(14-10)9-6-4-3-5-7-9/h3-8H,2H2,1H3. The van der Waals surface area contributed by atoms with E-state index in [0.717, 1.165) is 5.69 Å². The molecule has 0 saturated carbocycles. The first-order valence-electron chi connectivity index (χ1n) is 5.20. The van der Waals surface area contributed by atoms with Crippen molar-refractivity contribution in [2.24, 2.45) is 0 Å². The normalized spacial score (nSPS) is 10.2. The lowest BCUT2D eigenvalue weighted by molar-refractivity contribution is 0.0519. The van der Waals surface area contributed by atoms with Gasteiger partial charge in [0.1, 0.15) is 5.15 Å². The van der Waals surface area contributed by atoms with Crippen LogP contribution in [0.15, 0.2) is 36.4 Å². The van der Waals surface area contributed by atoms with E-state index in [1.54, 1.807) is 6.92 Å². The Morgan fingerprint density at radius 1 is 1.41 bits per heavy atom.